The van der Waals surface area contributed by atoms with E-state index in [1.165, 1.54) is 25.7 Å². The molecular weight excluding hydrogens is 198 g/mol. The summed E-state index contributed by atoms with van der Waals surface area (Å²) in [5, 5.41) is 3.58. The fourth-order valence-electron chi connectivity index (χ4n) is 2.22. The van der Waals surface area contributed by atoms with Crippen molar-refractivity contribution >= 4 is 0 Å². The molecule has 0 aromatic carbocycles. The second-order valence-electron chi connectivity index (χ2n) is 4.62. The maximum Gasteiger partial charge on any atom is 0.0590 e. The Bertz CT molecular complexity index is 203. The SMILES string of the molecule is C#CCCC(CC1CCCCO1)NCCC. The Morgan fingerprint density at radius 2 is 2.38 bits per heavy atom. The van der Waals surface area contributed by atoms with Crippen LogP contribution in [-0.4, -0.2) is 25.3 Å². The molecule has 1 N–H and O–H groups in total. The van der Waals surface area contributed by atoms with Crippen molar-refractivity contribution in [2.75, 3.05) is 13.2 Å². The summed E-state index contributed by atoms with van der Waals surface area (Å²) in [4.78, 5) is 0. The zero-order chi connectivity index (χ0) is 11.6. The Hall–Kier alpha value is -0.520. The van der Waals surface area contributed by atoms with E-state index in [1.54, 1.807) is 0 Å². The van der Waals surface area contributed by atoms with Crippen LogP contribution < -0.4 is 5.32 Å². The van der Waals surface area contributed by atoms with Crippen LogP contribution in [0, 0.1) is 12.3 Å². The maximum absolute atomic E-state index is 5.78. The van der Waals surface area contributed by atoms with Gasteiger partial charge in [0.15, 0.2) is 0 Å². The van der Waals surface area contributed by atoms with Gasteiger partial charge in [0, 0.05) is 19.1 Å². The minimum atomic E-state index is 0.459. The first kappa shape index (κ1) is 13.5. The number of hydrogen-bond acceptors (Lipinski definition) is 2. The van der Waals surface area contributed by atoms with Crippen LogP contribution in [0.1, 0.15) is 51.9 Å². The summed E-state index contributed by atoms with van der Waals surface area (Å²) in [6.07, 6.45) is 13.8. The van der Waals surface area contributed by atoms with Crippen molar-refractivity contribution in [3.05, 3.63) is 0 Å². The van der Waals surface area contributed by atoms with E-state index < -0.39 is 0 Å². The molecule has 2 atom stereocenters. The fourth-order valence-corrected chi connectivity index (χ4v) is 2.22. The largest absolute Gasteiger partial charge is 0.378 e. The molecule has 1 aliphatic heterocycles. The van der Waals surface area contributed by atoms with Gasteiger partial charge in [-0.15, -0.1) is 12.3 Å². The predicted molar refractivity (Wildman–Crippen MR) is 68.4 cm³/mol. The molecule has 0 aromatic heterocycles. The van der Waals surface area contributed by atoms with Crippen molar-refractivity contribution in [2.45, 2.75) is 64.0 Å². The predicted octanol–water partition coefficient (Wildman–Crippen LogP) is 2.73. The summed E-state index contributed by atoms with van der Waals surface area (Å²) in [5.74, 6) is 2.73. The molecule has 1 rings (SSSR count). The third-order valence-corrected chi connectivity index (χ3v) is 3.14. The number of nitrogens with one attached hydrogen (secondary N) is 1. The van der Waals surface area contributed by atoms with Gasteiger partial charge in [-0.25, -0.2) is 0 Å². The molecule has 0 spiro atoms. The van der Waals surface area contributed by atoms with Crippen molar-refractivity contribution < 1.29 is 4.74 Å². The van der Waals surface area contributed by atoms with Crippen molar-refractivity contribution in [1.29, 1.82) is 0 Å². The summed E-state index contributed by atoms with van der Waals surface area (Å²) in [7, 11) is 0. The summed E-state index contributed by atoms with van der Waals surface area (Å²) in [5.41, 5.74) is 0. The third-order valence-electron chi connectivity index (χ3n) is 3.14. The molecule has 0 amide bonds. The van der Waals surface area contributed by atoms with Crippen LogP contribution in [0.4, 0.5) is 0 Å². The molecule has 1 aliphatic rings. The number of ether oxygens (including phenoxy) is 1. The zero-order valence-corrected chi connectivity index (χ0v) is 10.5. The van der Waals surface area contributed by atoms with Crippen LogP contribution in [0.5, 0.6) is 0 Å². The molecular formula is C14H25NO. The normalized spacial score (nSPS) is 22.6. The van der Waals surface area contributed by atoms with Crippen molar-refractivity contribution in [1.82, 2.24) is 5.32 Å². The quantitative estimate of drug-likeness (QED) is 0.670. The van der Waals surface area contributed by atoms with Gasteiger partial charge >= 0.3 is 0 Å². The Kier molecular flexibility index (Phi) is 7.29. The highest BCUT2D eigenvalue weighted by molar-refractivity contribution is 4.86. The number of rotatable bonds is 7. The Balaban J connectivity index is 2.26. The van der Waals surface area contributed by atoms with E-state index in [9.17, 15) is 0 Å². The van der Waals surface area contributed by atoms with E-state index >= 15 is 0 Å². The summed E-state index contributed by atoms with van der Waals surface area (Å²) in [6, 6.07) is 0.541. The lowest BCUT2D eigenvalue weighted by Crippen LogP contribution is -2.35. The molecule has 1 fully saturated rings. The molecule has 1 heterocycles. The number of terminal acetylenes is 1. The zero-order valence-electron chi connectivity index (χ0n) is 10.5. The monoisotopic (exact) mass is 223 g/mol. The van der Waals surface area contributed by atoms with Gasteiger partial charge in [0.25, 0.3) is 0 Å². The van der Waals surface area contributed by atoms with Gasteiger partial charge in [-0.05, 0) is 45.1 Å². The molecule has 92 valence electrons. The molecule has 0 radical (unpaired) electrons. The van der Waals surface area contributed by atoms with Crippen LogP contribution in [0.3, 0.4) is 0 Å². The molecule has 0 bridgehead atoms. The van der Waals surface area contributed by atoms with Crippen LogP contribution >= 0.6 is 0 Å². The molecule has 0 saturated carbocycles. The van der Waals surface area contributed by atoms with E-state index in [2.05, 4.69) is 18.2 Å². The highest BCUT2D eigenvalue weighted by Gasteiger charge is 2.18. The summed E-state index contributed by atoms with van der Waals surface area (Å²) >= 11 is 0. The van der Waals surface area contributed by atoms with E-state index in [1.807, 2.05) is 0 Å². The van der Waals surface area contributed by atoms with Crippen molar-refractivity contribution in [3.63, 3.8) is 0 Å². The van der Waals surface area contributed by atoms with Gasteiger partial charge < -0.3 is 10.1 Å². The number of hydrogen-bond donors (Lipinski definition) is 1. The van der Waals surface area contributed by atoms with E-state index in [4.69, 9.17) is 11.2 Å². The van der Waals surface area contributed by atoms with Gasteiger partial charge in [0.2, 0.25) is 0 Å². The minimum Gasteiger partial charge on any atom is -0.378 e. The first-order valence-corrected chi connectivity index (χ1v) is 6.65. The van der Waals surface area contributed by atoms with Gasteiger partial charge in [0.05, 0.1) is 6.10 Å². The van der Waals surface area contributed by atoms with Crippen molar-refractivity contribution in [2.24, 2.45) is 0 Å². The lowest BCUT2D eigenvalue weighted by molar-refractivity contribution is 0.00482. The highest BCUT2D eigenvalue weighted by Crippen LogP contribution is 2.18. The second kappa shape index (κ2) is 8.61. The second-order valence-corrected chi connectivity index (χ2v) is 4.62. The van der Waals surface area contributed by atoms with Gasteiger partial charge in [-0.2, -0.15) is 0 Å². The molecule has 2 heteroatoms. The Morgan fingerprint density at radius 1 is 1.50 bits per heavy atom. The van der Waals surface area contributed by atoms with Crippen molar-refractivity contribution in [3.8, 4) is 12.3 Å². The first-order valence-electron chi connectivity index (χ1n) is 6.65. The molecule has 16 heavy (non-hydrogen) atoms. The molecule has 2 nitrogen and oxygen atoms in total. The lowest BCUT2D eigenvalue weighted by Gasteiger charge is -2.27. The van der Waals surface area contributed by atoms with Gasteiger partial charge in [0.1, 0.15) is 0 Å². The van der Waals surface area contributed by atoms with Crippen LogP contribution in [0.25, 0.3) is 0 Å². The van der Waals surface area contributed by atoms with Crippen LogP contribution in [-0.2, 0) is 4.74 Å². The van der Waals surface area contributed by atoms with Crippen LogP contribution in [0.2, 0.25) is 0 Å². The van der Waals surface area contributed by atoms with Gasteiger partial charge in [-0.1, -0.05) is 6.92 Å². The summed E-state index contributed by atoms with van der Waals surface area (Å²) < 4.78 is 5.78. The fraction of sp³-hybridized carbons (Fsp3) is 0.857. The average Bonchev–Trinajstić information content (AvgIpc) is 2.34. The topological polar surface area (TPSA) is 21.3 Å². The highest BCUT2D eigenvalue weighted by atomic mass is 16.5. The molecule has 2 unspecified atom stereocenters. The Labute approximate surface area is 100 Å². The maximum atomic E-state index is 5.78. The first-order chi connectivity index (χ1) is 7.86. The Morgan fingerprint density at radius 3 is 3.00 bits per heavy atom. The van der Waals surface area contributed by atoms with E-state index in [0.717, 1.165) is 32.4 Å². The standard InChI is InChI=1S/C14H25NO/c1-3-5-8-13(15-10-4-2)12-14-9-6-7-11-16-14/h1,13-15H,4-12H2,2H3. The lowest BCUT2D eigenvalue weighted by atomic mass is 9.99. The smallest absolute Gasteiger partial charge is 0.0590 e. The molecule has 0 aliphatic carbocycles. The average molecular weight is 223 g/mol. The summed E-state index contributed by atoms with van der Waals surface area (Å²) in [6.45, 7) is 4.23. The van der Waals surface area contributed by atoms with Crippen LogP contribution in [0.15, 0.2) is 0 Å². The molecule has 1 saturated heterocycles. The minimum absolute atomic E-state index is 0.459. The van der Waals surface area contributed by atoms with E-state index in [0.29, 0.717) is 12.1 Å². The third kappa shape index (κ3) is 5.53. The van der Waals surface area contributed by atoms with E-state index in [-0.39, 0.29) is 0 Å². The van der Waals surface area contributed by atoms with Gasteiger partial charge in [-0.3, -0.25) is 0 Å². The molecule has 0 aromatic rings.